The van der Waals surface area contributed by atoms with Gasteiger partial charge in [-0.1, -0.05) is 0 Å². The number of rotatable bonds is 2. The van der Waals surface area contributed by atoms with Gasteiger partial charge < -0.3 is 9.80 Å². The van der Waals surface area contributed by atoms with Crippen LogP contribution in [0, 0.1) is 20.2 Å². The van der Waals surface area contributed by atoms with Crippen molar-refractivity contribution in [1.82, 2.24) is 0 Å². The van der Waals surface area contributed by atoms with Crippen molar-refractivity contribution in [2.75, 3.05) is 34.4 Å². The first-order valence-electron chi connectivity index (χ1n) is 9.91. The van der Waals surface area contributed by atoms with Crippen LogP contribution in [0.4, 0.5) is 22.7 Å². The molecule has 4 rings (SSSR count). The number of amides is 2. The van der Waals surface area contributed by atoms with Gasteiger partial charge in [-0.05, 0) is 12.1 Å². The average molecular weight is 509 g/mol. The second-order valence-electron chi connectivity index (χ2n) is 7.33. The molecule has 2 aromatic rings. The van der Waals surface area contributed by atoms with Crippen LogP contribution in [-0.2, 0) is 19.4 Å². The zero-order chi connectivity index (χ0) is 25.2. The highest BCUT2D eigenvalue weighted by Gasteiger charge is 2.31. The van der Waals surface area contributed by atoms with Gasteiger partial charge in [0.15, 0.2) is 9.84 Å². The predicted octanol–water partition coefficient (Wildman–Crippen LogP) is 2.79. The molecule has 0 bridgehead atoms. The van der Waals surface area contributed by atoms with Crippen LogP contribution >= 0.6 is 11.8 Å². The molecule has 2 aromatic carbocycles. The van der Waals surface area contributed by atoms with E-state index in [0.717, 1.165) is 22.8 Å². The number of nitro benzene ring substituents is 2. The SMILES string of the molecule is CC(=O)N1CCS(=O)(=O)c2ccc([N+](=O)[O-])cc21.CC(=O)N1CCSc2ccc([N+](=O)[O-])cc21. The highest BCUT2D eigenvalue weighted by molar-refractivity contribution is 7.99. The number of hydrogen-bond donors (Lipinski definition) is 0. The lowest BCUT2D eigenvalue weighted by atomic mass is 10.2. The van der Waals surface area contributed by atoms with E-state index < -0.39 is 19.7 Å². The van der Waals surface area contributed by atoms with E-state index in [2.05, 4.69) is 0 Å². The average Bonchev–Trinajstić information content (AvgIpc) is 2.78. The summed E-state index contributed by atoms with van der Waals surface area (Å²) in [7, 11) is -3.47. The van der Waals surface area contributed by atoms with Crippen molar-refractivity contribution in [1.29, 1.82) is 0 Å². The van der Waals surface area contributed by atoms with Crippen molar-refractivity contribution >= 4 is 56.2 Å². The first kappa shape index (κ1) is 25.1. The van der Waals surface area contributed by atoms with E-state index in [1.54, 1.807) is 22.7 Å². The van der Waals surface area contributed by atoms with Gasteiger partial charge in [-0.2, -0.15) is 0 Å². The van der Waals surface area contributed by atoms with Gasteiger partial charge in [0.25, 0.3) is 11.4 Å². The number of non-ortho nitro benzene ring substituents is 2. The maximum absolute atomic E-state index is 11.8. The predicted molar refractivity (Wildman–Crippen MR) is 125 cm³/mol. The van der Waals surface area contributed by atoms with E-state index in [1.165, 1.54) is 36.9 Å². The van der Waals surface area contributed by atoms with Gasteiger partial charge in [0.05, 0.1) is 31.9 Å². The van der Waals surface area contributed by atoms with Crippen LogP contribution in [0.5, 0.6) is 0 Å². The molecule has 0 saturated heterocycles. The lowest BCUT2D eigenvalue weighted by molar-refractivity contribution is -0.385. The Balaban J connectivity index is 0.000000192. The largest absolute Gasteiger partial charge is 0.310 e. The Morgan fingerprint density at radius 1 is 0.882 bits per heavy atom. The molecule has 34 heavy (non-hydrogen) atoms. The van der Waals surface area contributed by atoms with E-state index in [9.17, 15) is 38.2 Å². The molecule has 0 aliphatic carbocycles. The van der Waals surface area contributed by atoms with Crippen molar-refractivity contribution < 1.29 is 27.9 Å². The van der Waals surface area contributed by atoms with Gasteiger partial charge in [0, 0.05) is 61.9 Å². The summed E-state index contributed by atoms with van der Waals surface area (Å²) in [5.41, 5.74) is 0.519. The molecule has 0 atom stereocenters. The summed E-state index contributed by atoms with van der Waals surface area (Å²) in [4.78, 5) is 46.8. The Kier molecular flexibility index (Phi) is 7.21. The lowest BCUT2D eigenvalue weighted by Gasteiger charge is -2.27. The number of fused-ring (bicyclic) bond motifs is 2. The van der Waals surface area contributed by atoms with Gasteiger partial charge in [-0.3, -0.25) is 29.8 Å². The molecule has 0 spiro atoms. The van der Waals surface area contributed by atoms with Crippen molar-refractivity contribution in [3.63, 3.8) is 0 Å². The zero-order valence-electron chi connectivity index (χ0n) is 18.2. The molecule has 2 heterocycles. The van der Waals surface area contributed by atoms with Crippen molar-refractivity contribution in [2.24, 2.45) is 0 Å². The summed E-state index contributed by atoms with van der Waals surface area (Å²) in [6, 6.07) is 8.05. The highest BCUT2D eigenvalue weighted by Crippen LogP contribution is 2.37. The molecule has 14 heteroatoms. The van der Waals surface area contributed by atoms with Gasteiger partial charge in [-0.25, -0.2) is 8.42 Å². The summed E-state index contributed by atoms with van der Waals surface area (Å²) in [6.07, 6.45) is 0. The smallest absolute Gasteiger partial charge is 0.271 e. The Hall–Kier alpha value is -3.52. The minimum absolute atomic E-state index is 0.0197. The van der Waals surface area contributed by atoms with Crippen LogP contribution in [0.3, 0.4) is 0 Å². The number of carbonyl (C=O) groups is 2. The standard InChI is InChI=1S/C10H10N2O5S.C10H10N2O3S/c1-7(13)11-4-5-18(16,17)10-3-2-8(12(14)15)6-9(10)11;1-7(13)11-4-5-16-10-3-2-8(12(14)15)6-9(10)11/h2-3,6H,4-5H2,1H3;2-3,6H,4-5H2,1H3. The molecule has 2 aliphatic rings. The first-order valence-corrected chi connectivity index (χ1v) is 12.5. The van der Waals surface area contributed by atoms with Gasteiger partial charge >= 0.3 is 0 Å². The van der Waals surface area contributed by atoms with Crippen LogP contribution in [0.1, 0.15) is 13.8 Å². The Bertz CT molecular complexity index is 1300. The van der Waals surface area contributed by atoms with Crippen molar-refractivity contribution in [2.45, 2.75) is 23.6 Å². The third-order valence-corrected chi connectivity index (χ3v) is 7.92. The van der Waals surface area contributed by atoms with Crippen molar-refractivity contribution in [3.05, 3.63) is 56.6 Å². The summed E-state index contributed by atoms with van der Waals surface area (Å²) in [5, 5.41) is 21.3. The third kappa shape index (κ3) is 5.17. The second kappa shape index (κ2) is 9.77. The van der Waals surface area contributed by atoms with E-state index in [0.29, 0.717) is 12.2 Å². The summed E-state index contributed by atoms with van der Waals surface area (Å²) >= 11 is 1.61. The number of nitrogens with zero attached hydrogens (tertiary/aromatic N) is 4. The maximum atomic E-state index is 11.8. The van der Waals surface area contributed by atoms with Gasteiger partial charge in [0.2, 0.25) is 11.8 Å². The molecule has 0 saturated carbocycles. The minimum Gasteiger partial charge on any atom is -0.310 e. The van der Waals surface area contributed by atoms with Crippen molar-refractivity contribution in [3.8, 4) is 0 Å². The van der Waals surface area contributed by atoms with E-state index in [4.69, 9.17) is 0 Å². The Morgan fingerprint density at radius 2 is 1.41 bits per heavy atom. The molecule has 2 aliphatic heterocycles. The number of carbonyl (C=O) groups excluding carboxylic acids is 2. The van der Waals surface area contributed by atoms with Gasteiger partial charge in [-0.15, -0.1) is 11.8 Å². The molecular weight excluding hydrogens is 488 g/mol. The van der Waals surface area contributed by atoms with Crippen LogP contribution < -0.4 is 9.80 Å². The second-order valence-corrected chi connectivity index (χ2v) is 10.5. The number of thioether (sulfide) groups is 1. The number of anilines is 2. The molecule has 180 valence electrons. The molecular formula is C20H20N4O8S2. The molecule has 0 fully saturated rings. The minimum atomic E-state index is -3.47. The molecule has 0 N–H and O–H groups in total. The van der Waals surface area contributed by atoms with Crippen LogP contribution in [0.2, 0.25) is 0 Å². The molecule has 2 amide bonds. The Morgan fingerprint density at radius 3 is 1.97 bits per heavy atom. The van der Waals surface area contributed by atoms with E-state index in [-0.39, 0.29) is 46.1 Å². The normalized spacial score (nSPS) is 15.8. The summed E-state index contributed by atoms with van der Waals surface area (Å²) < 4.78 is 23.6. The summed E-state index contributed by atoms with van der Waals surface area (Å²) in [6.45, 7) is 3.39. The highest BCUT2D eigenvalue weighted by atomic mass is 32.2. The fourth-order valence-electron chi connectivity index (χ4n) is 3.51. The number of benzene rings is 2. The third-order valence-electron chi connectivity index (χ3n) is 5.14. The van der Waals surface area contributed by atoms with E-state index in [1.807, 2.05) is 0 Å². The monoisotopic (exact) mass is 508 g/mol. The van der Waals surface area contributed by atoms with Gasteiger partial charge in [0.1, 0.15) is 0 Å². The zero-order valence-corrected chi connectivity index (χ0v) is 19.8. The van der Waals surface area contributed by atoms with E-state index >= 15 is 0 Å². The first-order chi connectivity index (χ1) is 15.9. The fraction of sp³-hybridized carbons (Fsp3) is 0.300. The molecule has 0 aromatic heterocycles. The van der Waals surface area contributed by atoms with Crippen LogP contribution in [-0.4, -0.2) is 54.7 Å². The number of nitro groups is 2. The van der Waals surface area contributed by atoms with Crippen LogP contribution in [0.25, 0.3) is 0 Å². The Labute approximate surface area is 198 Å². The molecule has 0 radical (unpaired) electrons. The quantitative estimate of drug-likeness (QED) is 0.438. The number of sulfone groups is 1. The van der Waals surface area contributed by atoms with Crippen LogP contribution in [0.15, 0.2) is 46.2 Å². The lowest BCUT2D eigenvalue weighted by Crippen LogP contribution is -2.38. The number of hydrogen-bond acceptors (Lipinski definition) is 9. The molecule has 12 nitrogen and oxygen atoms in total. The maximum Gasteiger partial charge on any atom is 0.271 e. The topological polar surface area (TPSA) is 161 Å². The molecule has 0 unspecified atom stereocenters. The fourth-order valence-corrected chi connectivity index (χ4v) is 5.89. The summed E-state index contributed by atoms with van der Waals surface area (Å²) in [5.74, 6) is 0.232.